The Morgan fingerprint density at radius 2 is 1.69 bits per heavy atom. The van der Waals surface area contributed by atoms with Crippen LogP contribution in [0.1, 0.15) is 30.0 Å². The van der Waals surface area contributed by atoms with Gasteiger partial charge in [0.15, 0.2) is 0 Å². The van der Waals surface area contributed by atoms with Gasteiger partial charge in [0, 0.05) is 29.5 Å². The van der Waals surface area contributed by atoms with E-state index in [1.54, 1.807) is 20.3 Å². The van der Waals surface area contributed by atoms with Gasteiger partial charge in [0.05, 0.1) is 14.2 Å². The molecule has 0 radical (unpaired) electrons. The van der Waals surface area contributed by atoms with E-state index in [1.807, 2.05) is 37.3 Å². The summed E-state index contributed by atoms with van der Waals surface area (Å²) in [6, 6.07) is 12.6. The first-order valence-electron chi connectivity index (χ1n) is 9.45. The SMILES string of the molecule is CCc1ccc2c(COC(=O)CCc3cc(OC)cc(OC)c3)cc(=O)oc2c1. The van der Waals surface area contributed by atoms with Crippen molar-refractivity contribution in [1.29, 1.82) is 0 Å². The molecule has 0 aliphatic carbocycles. The molecule has 3 aromatic rings. The maximum atomic E-state index is 12.2. The lowest BCUT2D eigenvalue weighted by atomic mass is 10.1. The molecule has 0 saturated carbocycles. The second-order valence-corrected chi connectivity index (χ2v) is 6.66. The highest BCUT2D eigenvalue weighted by Crippen LogP contribution is 2.24. The van der Waals surface area contributed by atoms with Crippen LogP contribution in [0, 0.1) is 0 Å². The zero-order valence-corrected chi connectivity index (χ0v) is 16.8. The minimum Gasteiger partial charge on any atom is -0.497 e. The molecule has 1 heterocycles. The molecule has 0 aliphatic rings. The van der Waals surface area contributed by atoms with Gasteiger partial charge in [0.25, 0.3) is 0 Å². The minimum atomic E-state index is -0.458. The molecule has 0 N–H and O–H groups in total. The molecule has 6 nitrogen and oxygen atoms in total. The average molecular weight is 396 g/mol. The molecule has 29 heavy (non-hydrogen) atoms. The van der Waals surface area contributed by atoms with Crippen LogP contribution in [-0.2, 0) is 29.0 Å². The molecule has 1 aromatic heterocycles. The number of ether oxygens (including phenoxy) is 3. The number of aryl methyl sites for hydroxylation is 2. The molecule has 0 atom stereocenters. The Kier molecular flexibility index (Phi) is 6.54. The van der Waals surface area contributed by atoms with Crippen molar-refractivity contribution in [2.45, 2.75) is 32.8 Å². The van der Waals surface area contributed by atoms with Crippen molar-refractivity contribution in [2.24, 2.45) is 0 Å². The summed E-state index contributed by atoms with van der Waals surface area (Å²) in [5, 5.41) is 0.770. The molecule has 3 rings (SSSR count). The standard InChI is InChI=1S/C23H24O6/c1-4-15-5-7-20-17(12-23(25)29-21(20)11-15)14-28-22(24)8-6-16-9-18(26-2)13-19(10-16)27-3/h5,7,9-13H,4,6,8,14H2,1-3H3. The fourth-order valence-electron chi connectivity index (χ4n) is 3.10. The van der Waals surface area contributed by atoms with E-state index in [4.69, 9.17) is 18.6 Å². The van der Waals surface area contributed by atoms with Gasteiger partial charge in [-0.3, -0.25) is 4.79 Å². The molecular weight excluding hydrogens is 372 g/mol. The van der Waals surface area contributed by atoms with Crippen molar-refractivity contribution in [2.75, 3.05) is 14.2 Å². The summed E-state index contributed by atoms with van der Waals surface area (Å²) in [5.74, 6) is 0.988. The number of carbonyl (C=O) groups is 1. The predicted molar refractivity (Wildman–Crippen MR) is 110 cm³/mol. The van der Waals surface area contributed by atoms with Crippen LogP contribution in [-0.4, -0.2) is 20.2 Å². The van der Waals surface area contributed by atoms with E-state index >= 15 is 0 Å². The normalized spacial score (nSPS) is 10.7. The zero-order chi connectivity index (χ0) is 20.8. The molecule has 2 aromatic carbocycles. The van der Waals surface area contributed by atoms with Gasteiger partial charge in [-0.15, -0.1) is 0 Å². The highest BCUT2D eigenvalue weighted by Gasteiger charge is 2.11. The maximum absolute atomic E-state index is 12.2. The van der Waals surface area contributed by atoms with Gasteiger partial charge in [-0.05, 0) is 42.2 Å². The average Bonchev–Trinajstić information content (AvgIpc) is 2.74. The first-order valence-corrected chi connectivity index (χ1v) is 9.45. The van der Waals surface area contributed by atoms with E-state index in [0.29, 0.717) is 29.1 Å². The molecule has 152 valence electrons. The van der Waals surface area contributed by atoms with Crippen LogP contribution in [0.25, 0.3) is 11.0 Å². The summed E-state index contributed by atoms with van der Waals surface area (Å²) in [5.41, 5.74) is 2.67. The smallest absolute Gasteiger partial charge is 0.336 e. The third-order valence-electron chi connectivity index (χ3n) is 4.72. The van der Waals surface area contributed by atoms with E-state index in [0.717, 1.165) is 22.9 Å². The molecule has 0 aliphatic heterocycles. The summed E-state index contributed by atoms with van der Waals surface area (Å²) in [6.45, 7) is 2.05. The number of fused-ring (bicyclic) bond motifs is 1. The molecule has 6 heteroatoms. The molecule has 0 bridgehead atoms. The Morgan fingerprint density at radius 1 is 0.966 bits per heavy atom. The number of benzene rings is 2. The van der Waals surface area contributed by atoms with Crippen molar-refractivity contribution in [3.63, 3.8) is 0 Å². The van der Waals surface area contributed by atoms with Crippen LogP contribution in [0.15, 0.2) is 51.7 Å². The van der Waals surface area contributed by atoms with Crippen molar-refractivity contribution >= 4 is 16.9 Å². The first kappa shape index (κ1) is 20.5. The highest BCUT2D eigenvalue weighted by atomic mass is 16.5. The Morgan fingerprint density at radius 3 is 2.34 bits per heavy atom. The van der Waals surface area contributed by atoms with Crippen molar-refractivity contribution < 1.29 is 23.4 Å². The van der Waals surface area contributed by atoms with Crippen LogP contribution in [0.2, 0.25) is 0 Å². The van der Waals surface area contributed by atoms with Crippen LogP contribution in [0.5, 0.6) is 11.5 Å². The van der Waals surface area contributed by atoms with E-state index in [9.17, 15) is 9.59 Å². The Labute approximate surface area is 169 Å². The van der Waals surface area contributed by atoms with E-state index in [1.165, 1.54) is 6.07 Å². The van der Waals surface area contributed by atoms with Crippen LogP contribution in [0.3, 0.4) is 0 Å². The van der Waals surface area contributed by atoms with Crippen molar-refractivity contribution in [1.82, 2.24) is 0 Å². The molecule has 0 saturated heterocycles. The molecule has 0 spiro atoms. The zero-order valence-electron chi connectivity index (χ0n) is 16.8. The first-order chi connectivity index (χ1) is 14.0. The molecule has 0 unspecified atom stereocenters. The molecule has 0 fully saturated rings. The third kappa shape index (κ3) is 5.16. The fourth-order valence-corrected chi connectivity index (χ4v) is 3.10. The number of methoxy groups -OCH3 is 2. The Bertz CT molecular complexity index is 1040. The van der Waals surface area contributed by atoms with Gasteiger partial charge < -0.3 is 18.6 Å². The Hall–Kier alpha value is -3.28. The van der Waals surface area contributed by atoms with Crippen LogP contribution >= 0.6 is 0 Å². The quantitative estimate of drug-likeness (QED) is 0.422. The highest BCUT2D eigenvalue weighted by molar-refractivity contribution is 5.81. The number of hydrogen-bond donors (Lipinski definition) is 0. The lowest BCUT2D eigenvalue weighted by Crippen LogP contribution is -2.08. The monoisotopic (exact) mass is 396 g/mol. The number of esters is 1. The van der Waals surface area contributed by atoms with Gasteiger partial charge in [-0.25, -0.2) is 4.79 Å². The van der Waals surface area contributed by atoms with E-state index in [-0.39, 0.29) is 19.0 Å². The largest absolute Gasteiger partial charge is 0.497 e. The van der Waals surface area contributed by atoms with Gasteiger partial charge in [0.2, 0.25) is 0 Å². The van der Waals surface area contributed by atoms with Crippen molar-refractivity contribution in [3.05, 3.63) is 69.6 Å². The minimum absolute atomic E-state index is 0.0217. The molecular formula is C23H24O6. The fraction of sp³-hybridized carbons (Fsp3) is 0.304. The van der Waals surface area contributed by atoms with Gasteiger partial charge in [-0.2, -0.15) is 0 Å². The second kappa shape index (κ2) is 9.28. The lowest BCUT2D eigenvalue weighted by molar-refractivity contribution is -0.144. The lowest BCUT2D eigenvalue weighted by Gasteiger charge is -2.10. The van der Waals surface area contributed by atoms with E-state index in [2.05, 4.69) is 0 Å². The summed E-state index contributed by atoms with van der Waals surface area (Å²) in [6.07, 6.45) is 1.54. The van der Waals surface area contributed by atoms with E-state index < -0.39 is 5.63 Å². The molecule has 0 amide bonds. The number of carbonyl (C=O) groups excluding carboxylic acids is 1. The number of hydrogen-bond acceptors (Lipinski definition) is 6. The van der Waals surface area contributed by atoms with Crippen LogP contribution in [0.4, 0.5) is 0 Å². The number of rotatable bonds is 8. The Balaban J connectivity index is 1.66. The van der Waals surface area contributed by atoms with Gasteiger partial charge >= 0.3 is 11.6 Å². The summed E-state index contributed by atoms with van der Waals surface area (Å²) >= 11 is 0. The third-order valence-corrected chi connectivity index (χ3v) is 4.72. The second-order valence-electron chi connectivity index (χ2n) is 6.66. The van der Waals surface area contributed by atoms with Gasteiger partial charge in [-0.1, -0.05) is 19.1 Å². The van der Waals surface area contributed by atoms with Crippen molar-refractivity contribution in [3.8, 4) is 11.5 Å². The topological polar surface area (TPSA) is 75.0 Å². The maximum Gasteiger partial charge on any atom is 0.336 e. The van der Waals surface area contributed by atoms with Gasteiger partial charge in [0.1, 0.15) is 23.7 Å². The van der Waals surface area contributed by atoms with Crippen LogP contribution < -0.4 is 15.1 Å². The predicted octanol–water partition coefficient (Wildman–Crippen LogP) is 4.05. The summed E-state index contributed by atoms with van der Waals surface area (Å²) < 4.78 is 21.2. The summed E-state index contributed by atoms with van der Waals surface area (Å²) in [4.78, 5) is 24.1. The summed E-state index contributed by atoms with van der Waals surface area (Å²) in [7, 11) is 3.16.